The number of hydrogen-bond acceptors (Lipinski definition) is 5. The third-order valence-electron chi connectivity index (χ3n) is 6.02. The summed E-state index contributed by atoms with van der Waals surface area (Å²) in [6, 6.07) is 9.53. The Balaban J connectivity index is 0.00000193. The van der Waals surface area contributed by atoms with Crippen LogP contribution >= 0.6 is 36.2 Å². The Kier molecular flexibility index (Phi) is 9.29. The smallest absolute Gasteiger partial charge is 0.234 e. The zero-order chi connectivity index (χ0) is 22.1. The van der Waals surface area contributed by atoms with Crippen molar-refractivity contribution in [1.82, 2.24) is 9.97 Å². The number of rotatable bonds is 5. The summed E-state index contributed by atoms with van der Waals surface area (Å²) in [5, 5.41) is 11.3. The number of amides is 1. The van der Waals surface area contributed by atoms with Crippen LogP contribution in [0.5, 0.6) is 5.75 Å². The molecule has 0 spiro atoms. The molecule has 4 rings (SSSR count). The number of carbonyl (C=O) groups excluding carboxylic acids is 1. The molecule has 2 heterocycles. The first-order valence-corrected chi connectivity index (χ1v) is 11.7. The molecule has 0 saturated heterocycles. The number of aryl methyl sites for hydroxylation is 2. The fourth-order valence-corrected chi connectivity index (χ4v) is 5.26. The summed E-state index contributed by atoms with van der Waals surface area (Å²) < 4.78 is 0. The Bertz CT molecular complexity index is 1100. The lowest BCUT2D eigenvalue weighted by Gasteiger charge is -2.31. The minimum absolute atomic E-state index is 0. The fourth-order valence-electron chi connectivity index (χ4n) is 4.33. The van der Waals surface area contributed by atoms with Crippen molar-refractivity contribution in [3.8, 4) is 5.75 Å². The highest BCUT2D eigenvalue weighted by Crippen LogP contribution is 2.38. The first-order valence-electron chi connectivity index (χ1n) is 10.9. The van der Waals surface area contributed by atoms with Crippen molar-refractivity contribution in [2.24, 2.45) is 0 Å². The van der Waals surface area contributed by atoms with E-state index in [9.17, 15) is 9.90 Å². The van der Waals surface area contributed by atoms with Gasteiger partial charge in [0.15, 0.2) is 0 Å². The molecule has 1 unspecified atom stereocenters. The van der Waals surface area contributed by atoms with Crippen LogP contribution in [0.15, 0.2) is 36.5 Å². The molecule has 1 N–H and O–H groups in total. The topological polar surface area (TPSA) is 66.3 Å². The van der Waals surface area contributed by atoms with Crippen molar-refractivity contribution in [2.75, 3.05) is 4.90 Å². The highest BCUT2D eigenvalue weighted by atomic mass is 35.5. The van der Waals surface area contributed by atoms with Crippen LogP contribution in [0.4, 0.5) is 5.69 Å². The standard InChI is InChI=1S/C25H29N3O2S.2ClH/c1-15(2)22-12-11-18(13-26-22)28(14-24-16(3)27-17(4)31-24)25(30)21-9-5-8-20-19(21)7-6-10-23(20)29;;/h6-7,10-13,15,21,29H,5,8-9,14H2,1-4H3;2*1H. The average Bonchev–Trinajstić information content (AvgIpc) is 3.08. The van der Waals surface area contributed by atoms with Crippen molar-refractivity contribution in [3.05, 3.63) is 68.9 Å². The SMILES string of the molecule is Cc1nc(C)c(CN(C(=O)C2CCCc3c(O)cccc32)c2ccc(C(C)C)nc2)s1.Cl.Cl. The molecule has 0 bridgehead atoms. The normalized spacial score (nSPS) is 14.8. The Hall–Kier alpha value is -2.15. The third-order valence-corrected chi connectivity index (χ3v) is 7.08. The maximum Gasteiger partial charge on any atom is 0.234 e. The van der Waals surface area contributed by atoms with E-state index in [1.54, 1.807) is 17.4 Å². The van der Waals surface area contributed by atoms with Gasteiger partial charge in [0, 0.05) is 10.6 Å². The summed E-state index contributed by atoms with van der Waals surface area (Å²) in [7, 11) is 0. The molecule has 0 radical (unpaired) electrons. The quantitative estimate of drug-likeness (QED) is 0.428. The van der Waals surface area contributed by atoms with E-state index < -0.39 is 0 Å². The van der Waals surface area contributed by atoms with Gasteiger partial charge in [-0.25, -0.2) is 4.98 Å². The van der Waals surface area contributed by atoms with Gasteiger partial charge >= 0.3 is 0 Å². The number of halogens is 2. The molecule has 0 aliphatic heterocycles. The van der Waals surface area contributed by atoms with E-state index in [0.717, 1.165) is 57.3 Å². The molecule has 33 heavy (non-hydrogen) atoms. The van der Waals surface area contributed by atoms with Crippen LogP contribution in [0.2, 0.25) is 0 Å². The van der Waals surface area contributed by atoms with Crippen molar-refractivity contribution < 1.29 is 9.90 Å². The van der Waals surface area contributed by atoms with Crippen LogP contribution < -0.4 is 4.90 Å². The molecule has 1 aliphatic rings. The number of aromatic nitrogens is 2. The van der Waals surface area contributed by atoms with Gasteiger partial charge in [-0.3, -0.25) is 9.78 Å². The summed E-state index contributed by atoms with van der Waals surface area (Å²) in [4.78, 5) is 26.0. The molecule has 5 nitrogen and oxygen atoms in total. The molecular formula is C25H31Cl2N3O2S. The summed E-state index contributed by atoms with van der Waals surface area (Å²) in [5.74, 6) is 0.405. The van der Waals surface area contributed by atoms with Gasteiger partial charge in [-0.1, -0.05) is 26.0 Å². The van der Waals surface area contributed by atoms with Crippen LogP contribution in [0, 0.1) is 13.8 Å². The number of fused-ring (bicyclic) bond motifs is 1. The van der Waals surface area contributed by atoms with Crippen molar-refractivity contribution in [2.45, 2.75) is 65.3 Å². The fraction of sp³-hybridized carbons (Fsp3) is 0.400. The maximum absolute atomic E-state index is 13.9. The van der Waals surface area contributed by atoms with Gasteiger partial charge in [-0.2, -0.15) is 0 Å². The van der Waals surface area contributed by atoms with Crippen LogP contribution in [-0.2, 0) is 17.8 Å². The molecular weight excluding hydrogens is 477 g/mol. The maximum atomic E-state index is 13.9. The van der Waals surface area contributed by atoms with E-state index in [1.165, 1.54) is 0 Å². The number of benzene rings is 1. The molecule has 1 amide bonds. The molecule has 1 aromatic carbocycles. The van der Waals surface area contributed by atoms with Crippen LogP contribution in [0.25, 0.3) is 0 Å². The number of nitrogens with zero attached hydrogens (tertiary/aromatic N) is 3. The number of phenols is 1. The summed E-state index contributed by atoms with van der Waals surface area (Å²) in [5.41, 5.74) is 4.63. The molecule has 178 valence electrons. The van der Waals surface area contributed by atoms with Gasteiger partial charge in [0.2, 0.25) is 5.91 Å². The van der Waals surface area contributed by atoms with E-state index in [2.05, 4.69) is 23.8 Å². The average molecular weight is 509 g/mol. The van der Waals surface area contributed by atoms with Gasteiger partial charge in [0.1, 0.15) is 5.75 Å². The molecule has 1 atom stereocenters. The lowest BCUT2D eigenvalue weighted by atomic mass is 9.81. The number of phenolic OH excluding ortho intramolecular Hbond substituents is 1. The Morgan fingerprint density at radius 2 is 1.97 bits per heavy atom. The molecule has 2 aromatic heterocycles. The minimum Gasteiger partial charge on any atom is -0.508 e. The molecule has 0 fully saturated rings. The summed E-state index contributed by atoms with van der Waals surface area (Å²) in [6.07, 6.45) is 4.29. The summed E-state index contributed by atoms with van der Waals surface area (Å²) >= 11 is 1.63. The zero-order valence-corrected chi connectivity index (χ0v) is 21.8. The monoisotopic (exact) mass is 507 g/mol. The highest BCUT2D eigenvalue weighted by Gasteiger charge is 2.32. The van der Waals surface area contributed by atoms with Crippen molar-refractivity contribution in [1.29, 1.82) is 0 Å². The van der Waals surface area contributed by atoms with E-state index in [1.807, 2.05) is 49.2 Å². The van der Waals surface area contributed by atoms with Gasteiger partial charge in [-0.15, -0.1) is 36.2 Å². The van der Waals surface area contributed by atoms with Gasteiger partial charge in [0.25, 0.3) is 0 Å². The van der Waals surface area contributed by atoms with Gasteiger partial charge in [-0.05, 0) is 68.4 Å². The van der Waals surface area contributed by atoms with E-state index in [4.69, 9.17) is 0 Å². The lowest BCUT2D eigenvalue weighted by molar-refractivity contribution is -0.120. The Morgan fingerprint density at radius 3 is 2.58 bits per heavy atom. The second-order valence-electron chi connectivity index (χ2n) is 8.55. The lowest BCUT2D eigenvalue weighted by Crippen LogP contribution is -2.36. The van der Waals surface area contributed by atoms with Crippen molar-refractivity contribution >= 4 is 47.7 Å². The van der Waals surface area contributed by atoms with E-state index in [0.29, 0.717) is 18.2 Å². The largest absolute Gasteiger partial charge is 0.508 e. The van der Waals surface area contributed by atoms with Crippen LogP contribution in [0.1, 0.15) is 70.9 Å². The number of aromatic hydroxyl groups is 1. The first kappa shape index (κ1) is 27.1. The van der Waals surface area contributed by atoms with E-state index >= 15 is 0 Å². The molecule has 3 aromatic rings. The summed E-state index contributed by atoms with van der Waals surface area (Å²) in [6.45, 7) is 8.69. The van der Waals surface area contributed by atoms with Gasteiger partial charge in [0.05, 0.1) is 35.0 Å². The predicted octanol–water partition coefficient (Wildman–Crippen LogP) is 6.48. The second kappa shape index (κ2) is 11.3. The number of anilines is 1. The van der Waals surface area contributed by atoms with Crippen LogP contribution in [-0.4, -0.2) is 21.0 Å². The number of carbonyl (C=O) groups is 1. The Labute approximate surface area is 212 Å². The predicted molar refractivity (Wildman–Crippen MR) is 139 cm³/mol. The van der Waals surface area contributed by atoms with Crippen LogP contribution in [0.3, 0.4) is 0 Å². The third kappa shape index (κ3) is 5.68. The molecule has 8 heteroatoms. The number of hydrogen-bond donors (Lipinski definition) is 1. The number of pyridine rings is 1. The minimum atomic E-state index is -0.269. The zero-order valence-electron chi connectivity index (χ0n) is 19.4. The number of thiazole rings is 1. The second-order valence-corrected chi connectivity index (χ2v) is 9.84. The first-order chi connectivity index (χ1) is 14.8. The molecule has 0 saturated carbocycles. The van der Waals surface area contributed by atoms with Gasteiger partial charge < -0.3 is 10.0 Å². The Morgan fingerprint density at radius 1 is 1.21 bits per heavy atom. The molecule has 1 aliphatic carbocycles. The highest BCUT2D eigenvalue weighted by molar-refractivity contribution is 7.11. The van der Waals surface area contributed by atoms with Crippen molar-refractivity contribution in [3.63, 3.8) is 0 Å². The van der Waals surface area contributed by atoms with E-state index in [-0.39, 0.29) is 36.6 Å².